The molecule has 27 heavy (non-hydrogen) atoms. The van der Waals surface area contributed by atoms with Crippen molar-refractivity contribution < 1.29 is 27.2 Å². The number of rotatable bonds is 3. The van der Waals surface area contributed by atoms with Crippen LogP contribution in [0.15, 0.2) is 48.5 Å². The van der Waals surface area contributed by atoms with E-state index in [9.17, 15) is 27.2 Å². The maximum Gasteiger partial charge on any atom is 0.416 e. The summed E-state index contributed by atoms with van der Waals surface area (Å²) in [7, 11) is 0. The Hall–Kier alpha value is -3.10. The summed E-state index contributed by atoms with van der Waals surface area (Å²) in [5, 5.41) is 4.74. The number of anilines is 2. The summed E-state index contributed by atoms with van der Waals surface area (Å²) in [6.07, 6.45) is -4.20. The summed E-state index contributed by atoms with van der Waals surface area (Å²) in [4.78, 5) is 25.9. The first-order chi connectivity index (χ1) is 12.7. The molecule has 0 aliphatic carbocycles. The first-order valence-electron chi connectivity index (χ1n) is 8.06. The molecule has 3 amide bonds. The van der Waals surface area contributed by atoms with Crippen molar-refractivity contribution in [3.05, 3.63) is 59.9 Å². The lowest BCUT2D eigenvalue weighted by Gasteiger charge is -2.17. The van der Waals surface area contributed by atoms with Gasteiger partial charge in [-0.25, -0.2) is 9.18 Å². The smallest absolute Gasteiger partial charge is 0.326 e. The highest BCUT2D eigenvalue weighted by Gasteiger charge is 2.34. The summed E-state index contributed by atoms with van der Waals surface area (Å²) in [6, 6.07) is 7.95. The summed E-state index contributed by atoms with van der Waals surface area (Å²) in [5.74, 6) is -0.804. The number of urea groups is 1. The van der Waals surface area contributed by atoms with Crippen LogP contribution in [-0.4, -0.2) is 24.5 Å². The summed E-state index contributed by atoms with van der Waals surface area (Å²) in [5.41, 5.74) is -0.424. The molecular formula is C18H15F4N3O2. The summed E-state index contributed by atoms with van der Waals surface area (Å²) < 4.78 is 51.1. The number of nitrogens with one attached hydrogen (secondary N) is 2. The number of hydrogen-bond acceptors (Lipinski definition) is 2. The van der Waals surface area contributed by atoms with Gasteiger partial charge in [0.15, 0.2) is 0 Å². The van der Waals surface area contributed by atoms with Crippen molar-refractivity contribution in [2.75, 3.05) is 16.8 Å². The summed E-state index contributed by atoms with van der Waals surface area (Å²) >= 11 is 0. The van der Waals surface area contributed by atoms with Gasteiger partial charge >= 0.3 is 12.2 Å². The molecule has 0 unspecified atom stereocenters. The molecule has 0 bridgehead atoms. The molecule has 1 heterocycles. The zero-order valence-corrected chi connectivity index (χ0v) is 13.9. The highest BCUT2D eigenvalue weighted by atomic mass is 19.4. The van der Waals surface area contributed by atoms with Crippen LogP contribution < -0.4 is 15.5 Å². The van der Waals surface area contributed by atoms with Crippen LogP contribution in [0.5, 0.6) is 0 Å². The van der Waals surface area contributed by atoms with E-state index in [1.807, 2.05) is 0 Å². The molecule has 1 atom stereocenters. The van der Waals surface area contributed by atoms with E-state index in [1.165, 1.54) is 41.3 Å². The Kier molecular flexibility index (Phi) is 5.02. The Morgan fingerprint density at radius 3 is 2.48 bits per heavy atom. The van der Waals surface area contributed by atoms with Crippen molar-refractivity contribution in [3.63, 3.8) is 0 Å². The van der Waals surface area contributed by atoms with Gasteiger partial charge in [-0.1, -0.05) is 6.07 Å². The molecule has 2 aromatic rings. The number of halogens is 4. The van der Waals surface area contributed by atoms with Gasteiger partial charge in [0, 0.05) is 17.9 Å². The van der Waals surface area contributed by atoms with E-state index in [0.717, 1.165) is 12.1 Å². The van der Waals surface area contributed by atoms with Gasteiger partial charge in [-0.05, 0) is 48.9 Å². The molecule has 1 aliphatic rings. The van der Waals surface area contributed by atoms with Gasteiger partial charge in [0.2, 0.25) is 5.91 Å². The fourth-order valence-corrected chi connectivity index (χ4v) is 2.79. The third kappa shape index (κ3) is 4.36. The zero-order valence-electron chi connectivity index (χ0n) is 13.9. The second-order valence-corrected chi connectivity index (χ2v) is 5.98. The van der Waals surface area contributed by atoms with Crippen LogP contribution in [0.2, 0.25) is 0 Å². The molecule has 3 rings (SSSR count). The number of carbonyl (C=O) groups is 2. The van der Waals surface area contributed by atoms with Gasteiger partial charge in [0.1, 0.15) is 11.9 Å². The zero-order chi connectivity index (χ0) is 19.6. The lowest BCUT2D eigenvalue weighted by Crippen LogP contribution is -2.43. The Labute approximate surface area is 152 Å². The highest BCUT2D eigenvalue weighted by Crippen LogP contribution is 2.30. The third-order valence-electron chi connectivity index (χ3n) is 4.10. The van der Waals surface area contributed by atoms with Crippen molar-refractivity contribution >= 4 is 23.3 Å². The SMILES string of the molecule is O=C(Nc1cccc(C(F)(F)F)c1)N[C@H]1CCN(c2ccc(F)cc2)C1=O. The number of hydrogen-bond donors (Lipinski definition) is 2. The van der Waals surface area contributed by atoms with Crippen molar-refractivity contribution in [2.45, 2.75) is 18.6 Å². The topological polar surface area (TPSA) is 61.4 Å². The van der Waals surface area contributed by atoms with Crippen LogP contribution in [0.3, 0.4) is 0 Å². The molecule has 0 radical (unpaired) electrons. The van der Waals surface area contributed by atoms with Gasteiger partial charge < -0.3 is 15.5 Å². The Bertz CT molecular complexity index is 852. The first kappa shape index (κ1) is 18.7. The van der Waals surface area contributed by atoms with Gasteiger partial charge in [-0.2, -0.15) is 13.2 Å². The average molecular weight is 381 g/mol. The van der Waals surface area contributed by atoms with E-state index in [0.29, 0.717) is 18.7 Å². The number of carbonyl (C=O) groups excluding carboxylic acids is 2. The Morgan fingerprint density at radius 1 is 1.11 bits per heavy atom. The second kappa shape index (κ2) is 7.26. The third-order valence-corrected chi connectivity index (χ3v) is 4.10. The van der Waals surface area contributed by atoms with Crippen molar-refractivity contribution in [1.29, 1.82) is 0 Å². The van der Waals surface area contributed by atoms with Crippen LogP contribution in [0.4, 0.5) is 33.7 Å². The average Bonchev–Trinajstić information content (AvgIpc) is 2.96. The second-order valence-electron chi connectivity index (χ2n) is 5.98. The standard InChI is InChI=1S/C18H15F4N3O2/c19-12-4-6-14(7-5-12)25-9-8-15(16(25)26)24-17(27)23-13-3-1-2-11(10-13)18(20,21)22/h1-7,10,15H,8-9H2,(H2,23,24,27)/t15-/m0/s1. The van der Waals surface area contributed by atoms with E-state index in [2.05, 4.69) is 10.6 Å². The molecule has 1 saturated heterocycles. The van der Waals surface area contributed by atoms with Crippen LogP contribution in [0.1, 0.15) is 12.0 Å². The van der Waals surface area contributed by atoms with Gasteiger partial charge in [0.05, 0.1) is 5.56 Å². The van der Waals surface area contributed by atoms with Crippen LogP contribution in [-0.2, 0) is 11.0 Å². The van der Waals surface area contributed by atoms with Crippen LogP contribution in [0, 0.1) is 5.82 Å². The number of alkyl halides is 3. The molecule has 5 nitrogen and oxygen atoms in total. The quantitative estimate of drug-likeness (QED) is 0.795. The maximum absolute atomic E-state index is 13.0. The van der Waals surface area contributed by atoms with Gasteiger partial charge in [-0.3, -0.25) is 4.79 Å². The largest absolute Gasteiger partial charge is 0.416 e. The number of benzene rings is 2. The molecule has 2 aromatic carbocycles. The fourth-order valence-electron chi connectivity index (χ4n) is 2.79. The van der Waals surface area contributed by atoms with Crippen molar-refractivity contribution in [1.82, 2.24) is 5.32 Å². The fraction of sp³-hybridized carbons (Fsp3) is 0.222. The minimum absolute atomic E-state index is 0.0387. The molecule has 0 saturated carbocycles. The predicted molar refractivity (Wildman–Crippen MR) is 90.8 cm³/mol. The predicted octanol–water partition coefficient (Wildman–Crippen LogP) is 3.77. The molecule has 0 aromatic heterocycles. The first-order valence-corrected chi connectivity index (χ1v) is 8.06. The molecule has 0 spiro atoms. The molecule has 142 valence electrons. The van der Waals surface area contributed by atoms with E-state index in [-0.39, 0.29) is 11.6 Å². The lowest BCUT2D eigenvalue weighted by molar-refractivity contribution is -0.137. The van der Waals surface area contributed by atoms with Crippen molar-refractivity contribution in [2.24, 2.45) is 0 Å². The highest BCUT2D eigenvalue weighted by molar-refractivity contribution is 6.02. The van der Waals surface area contributed by atoms with Crippen molar-refractivity contribution in [3.8, 4) is 0 Å². The van der Waals surface area contributed by atoms with E-state index in [4.69, 9.17) is 0 Å². The molecule has 2 N–H and O–H groups in total. The molecule has 9 heteroatoms. The number of nitrogens with zero attached hydrogens (tertiary/aromatic N) is 1. The summed E-state index contributed by atoms with van der Waals surface area (Å²) in [6.45, 7) is 0.332. The minimum Gasteiger partial charge on any atom is -0.326 e. The molecular weight excluding hydrogens is 366 g/mol. The van der Waals surface area contributed by atoms with E-state index >= 15 is 0 Å². The number of amides is 3. The Morgan fingerprint density at radius 2 is 1.81 bits per heavy atom. The van der Waals surface area contributed by atoms with Gasteiger partial charge in [-0.15, -0.1) is 0 Å². The monoisotopic (exact) mass is 381 g/mol. The maximum atomic E-state index is 13.0. The normalized spacial score (nSPS) is 17.1. The van der Waals surface area contributed by atoms with E-state index in [1.54, 1.807) is 0 Å². The molecule has 1 fully saturated rings. The Balaban J connectivity index is 1.62. The lowest BCUT2D eigenvalue weighted by atomic mass is 10.2. The van der Waals surface area contributed by atoms with Crippen LogP contribution in [0.25, 0.3) is 0 Å². The van der Waals surface area contributed by atoms with Crippen LogP contribution >= 0.6 is 0 Å². The van der Waals surface area contributed by atoms with E-state index < -0.39 is 29.6 Å². The minimum atomic E-state index is -4.52. The van der Waals surface area contributed by atoms with Gasteiger partial charge in [0.25, 0.3) is 0 Å². The molecule has 1 aliphatic heterocycles.